The molecule has 0 spiro atoms. The van der Waals surface area contributed by atoms with Crippen molar-refractivity contribution in [1.29, 1.82) is 0 Å². The van der Waals surface area contributed by atoms with E-state index in [0.717, 1.165) is 59.1 Å². The third-order valence-corrected chi connectivity index (χ3v) is 8.93. The van der Waals surface area contributed by atoms with Crippen molar-refractivity contribution < 1.29 is 19.3 Å². The van der Waals surface area contributed by atoms with Crippen molar-refractivity contribution in [2.45, 2.75) is 103 Å². The third kappa shape index (κ3) is 8.28. The van der Waals surface area contributed by atoms with E-state index in [1.54, 1.807) is 0 Å². The maximum Gasteiger partial charge on any atom is 0.177 e. The summed E-state index contributed by atoms with van der Waals surface area (Å²) in [5, 5.41) is 22.8. The second-order valence-corrected chi connectivity index (χ2v) is 14.7. The van der Waals surface area contributed by atoms with Crippen LogP contribution < -0.4 is 9.13 Å². The van der Waals surface area contributed by atoms with Gasteiger partial charge in [0, 0.05) is 47.8 Å². The number of aromatic nitrogens is 2. The van der Waals surface area contributed by atoms with Gasteiger partial charge in [-0.15, -0.1) is 0 Å². The zero-order valence-electron chi connectivity index (χ0n) is 28.3. The van der Waals surface area contributed by atoms with Crippen LogP contribution in [0.25, 0.3) is 0 Å². The summed E-state index contributed by atoms with van der Waals surface area (Å²) in [5.74, 6) is 0.549. The average Bonchev–Trinajstić information content (AvgIpc) is 3.02. The second kappa shape index (κ2) is 14.0. The molecule has 0 aliphatic heterocycles. The van der Waals surface area contributed by atoms with E-state index in [2.05, 4.69) is 74.9 Å². The second-order valence-electron chi connectivity index (χ2n) is 14.7. The summed E-state index contributed by atoms with van der Waals surface area (Å²) in [4.78, 5) is 10.1. The predicted molar refractivity (Wildman–Crippen MR) is 186 cm³/mol. The number of hydrogen-bond donors (Lipinski definition) is 2. The van der Waals surface area contributed by atoms with Gasteiger partial charge in [0.25, 0.3) is 0 Å². The molecule has 0 unspecified atom stereocenters. The van der Waals surface area contributed by atoms with E-state index in [9.17, 15) is 10.2 Å². The van der Waals surface area contributed by atoms with Gasteiger partial charge in [-0.25, -0.2) is 9.13 Å². The molecule has 0 amide bonds. The molecule has 1 saturated carbocycles. The minimum atomic E-state index is -0.0779. The SMILES string of the molecule is CC(C)(C)c1cc(C=N[C@H]2CCCC[C@@H]2N=Cc2cc(C(C)(C)C)cc(C[n+]3ccccc3)c2O)c(O)c(C[n+]2ccccc2)c1. The first kappa shape index (κ1) is 33.1. The third-order valence-electron chi connectivity index (χ3n) is 8.93. The Morgan fingerprint density at radius 3 is 1.33 bits per heavy atom. The van der Waals surface area contributed by atoms with E-state index in [1.165, 1.54) is 0 Å². The highest BCUT2D eigenvalue weighted by atomic mass is 16.3. The Kier molecular flexibility index (Phi) is 10.0. The number of nitrogens with zero attached hydrogens (tertiary/aromatic N) is 4. The number of aliphatic imine (C=N–C) groups is 2. The van der Waals surface area contributed by atoms with Crippen LogP contribution >= 0.6 is 0 Å². The Labute approximate surface area is 274 Å². The van der Waals surface area contributed by atoms with Crippen LogP contribution in [-0.4, -0.2) is 34.7 Å². The molecule has 2 heterocycles. The fourth-order valence-corrected chi connectivity index (χ4v) is 6.01. The summed E-state index contributed by atoms with van der Waals surface area (Å²) in [6.45, 7) is 14.3. The molecular weight excluding hydrogens is 568 g/mol. The van der Waals surface area contributed by atoms with Crippen molar-refractivity contribution in [1.82, 2.24) is 0 Å². The van der Waals surface area contributed by atoms with E-state index < -0.39 is 0 Å². The van der Waals surface area contributed by atoms with Gasteiger partial charge in [0.05, 0.1) is 23.2 Å². The predicted octanol–water partition coefficient (Wildman–Crippen LogP) is 7.21. The van der Waals surface area contributed by atoms with Crippen molar-refractivity contribution in [3.63, 3.8) is 0 Å². The van der Waals surface area contributed by atoms with E-state index >= 15 is 0 Å². The zero-order chi connectivity index (χ0) is 32.9. The fraction of sp³-hybridized carbons (Fsp3) is 0.400. The Morgan fingerprint density at radius 1 is 0.609 bits per heavy atom. The van der Waals surface area contributed by atoms with Crippen LogP contribution in [0.5, 0.6) is 11.5 Å². The minimum Gasteiger partial charge on any atom is -0.507 e. The molecule has 2 aromatic heterocycles. The molecule has 1 fully saturated rings. The molecule has 5 rings (SSSR count). The summed E-state index contributed by atoms with van der Waals surface area (Å²) in [7, 11) is 0. The Morgan fingerprint density at radius 2 is 0.978 bits per heavy atom. The molecular formula is C40H50N4O2+2. The summed E-state index contributed by atoms with van der Waals surface area (Å²) in [5.41, 5.74) is 5.41. The topological polar surface area (TPSA) is 72.9 Å². The van der Waals surface area contributed by atoms with Gasteiger partial charge in [0.15, 0.2) is 37.9 Å². The summed E-state index contributed by atoms with van der Waals surface area (Å²) >= 11 is 0. The van der Waals surface area contributed by atoms with Crippen molar-refractivity contribution in [2.24, 2.45) is 9.98 Å². The highest BCUT2D eigenvalue weighted by Crippen LogP contribution is 2.33. The van der Waals surface area contributed by atoms with Crippen LogP contribution in [0.1, 0.15) is 101 Å². The van der Waals surface area contributed by atoms with Gasteiger partial charge in [-0.3, -0.25) is 9.98 Å². The number of aromatic hydroxyl groups is 2. The summed E-state index contributed by atoms with van der Waals surface area (Å²) in [6.07, 6.45) is 15.8. The van der Waals surface area contributed by atoms with Gasteiger partial charge in [0.2, 0.25) is 0 Å². The van der Waals surface area contributed by atoms with Crippen LogP contribution in [0.2, 0.25) is 0 Å². The highest BCUT2D eigenvalue weighted by molar-refractivity contribution is 5.86. The number of pyridine rings is 2. The van der Waals surface area contributed by atoms with Crippen LogP contribution in [-0.2, 0) is 23.9 Å². The standard InChI is InChI=1S/C40H48N4O2/c1-39(2,3)33-21-29(37(45)31(23-33)27-43-17-11-7-12-18-43)25-41-35-15-9-10-16-36(35)42-26-30-22-34(40(4,5)6)24-32(38(30)46)28-44-19-13-8-14-20-44/h7-8,11-14,17-26,35-36H,9-10,15-16,27-28H2,1-6H3/p+2/t35-,36-/m0/s1. The maximum atomic E-state index is 11.4. The Balaban J connectivity index is 1.44. The van der Waals surface area contributed by atoms with Crippen molar-refractivity contribution >= 4 is 12.4 Å². The molecule has 4 aromatic rings. The van der Waals surface area contributed by atoms with Gasteiger partial charge in [-0.1, -0.05) is 66.5 Å². The molecule has 6 heteroatoms. The van der Waals surface area contributed by atoms with Crippen LogP contribution in [0.4, 0.5) is 0 Å². The normalized spacial score (nSPS) is 17.6. The maximum absolute atomic E-state index is 11.4. The molecule has 0 radical (unpaired) electrons. The first-order valence-electron chi connectivity index (χ1n) is 16.6. The molecule has 2 aromatic carbocycles. The number of rotatable bonds is 8. The first-order valence-corrected chi connectivity index (χ1v) is 16.6. The first-order chi connectivity index (χ1) is 21.9. The van der Waals surface area contributed by atoms with Gasteiger partial charge in [-0.05, 0) is 59.1 Å². The van der Waals surface area contributed by atoms with E-state index in [1.807, 2.05) is 73.6 Å². The lowest BCUT2D eigenvalue weighted by Crippen LogP contribution is -2.33. The molecule has 0 saturated heterocycles. The average molecular weight is 619 g/mol. The molecule has 1 aliphatic carbocycles. The van der Waals surface area contributed by atoms with Crippen molar-refractivity contribution in [3.8, 4) is 11.5 Å². The smallest absolute Gasteiger partial charge is 0.177 e. The molecule has 2 atom stereocenters. The van der Waals surface area contributed by atoms with Crippen LogP contribution in [0.3, 0.4) is 0 Å². The summed E-state index contributed by atoms with van der Waals surface area (Å²) in [6, 6.07) is 20.4. The molecule has 240 valence electrons. The Bertz CT molecular complexity index is 1560. The molecule has 2 N–H and O–H groups in total. The monoisotopic (exact) mass is 618 g/mol. The lowest BCUT2D eigenvalue weighted by atomic mass is 9.84. The van der Waals surface area contributed by atoms with Crippen molar-refractivity contribution in [2.75, 3.05) is 0 Å². The largest absolute Gasteiger partial charge is 0.507 e. The minimum absolute atomic E-state index is 0.00178. The van der Waals surface area contributed by atoms with Crippen LogP contribution in [0, 0.1) is 0 Å². The van der Waals surface area contributed by atoms with E-state index in [4.69, 9.17) is 9.98 Å². The number of hydrogen-bond acceptors (Lipinski definition) is 4. The van der Waals surface area contributed by atoms with E-state index in [-0.39, 0.29) is 34.4 Å². The molecule has 0 bridgehead atoms. The zero-order valence-corrected chi connectivity index (χ0v) is 28.3. The van der Waals surface area contributed by atoms with Crippen molar-refractivity contribution in [3.05, 3.63) is 119 Å². The summed E-state index contributed by atoms with van der Waals surface area (Å²) < 4.78 is 4.14. The lowest BCUT2D eigenvalue weighted by Gasteiger charge is -2.26. The number of phenols is 2. The van der Waals surface area contributed by atoms with E-state index in [0.29, 0.717) is 13.1 Å². The Hall–Kier alpha value is -4.32. The van der Waals surface area contributed by atoms with Gasteiger partial charge >= 0.3 is 0 Å². The molecule has 46 heavy (non-hydrogen) atoms. The van der Waals surface area contributed by atoms with Crippen LogP contribution in [0.15, 0.2) is 95.4 Å². The number of phenolic OH excluding ortho intramolecular Hbond substituents is 2. The van der Waals surface area contributed by atoms with Gasteiger partial charge in [-0.2, -0.15) is 0 Å². The quantitative estimate of drug-likeness (QED) is 0.162. The fourth-order valence-electron chi connectivity index (χ4n) is 6.01. The van der Waals surface area contributed by atoms with Gasteiger partial charge in [0.1, 0.15) is 11.5 Å². The highest BCUT2D eigenvalue weighted by Gasteiger charge is 2.25. The molecule has 6 nitrogen and oxygen atoms in total. The van der Waals surface area contributed by atoms with Gasteiger partial charge < -0.3 is 10.2 Å². The number of benzene rings is 2. The lowest BCUT2D eigenvalue weighted by molar-refractivity contribution is -0.688. The molecule has 1 aliphatic rings.